The number of hydrogen-bond acceptors (Lipinski definition) is 3. The number of nitrogens with two attached hydrogens (primary N) is 1. The highest BCUT2D eigenvalue weighted by Gasteiger charge is 2.04. The average Bonchev–Trinajstić information content (AvgIpc) is 2.33. The minimum atomic E-state index is 0.435. The lowest BCUT2D eigenvalue weighted by molar-refractivity contribution is 0.409. The van der Waals surface area contributed by atoms with Gasteiger partial charge in [0.05, 0.1) is 17.2 Å². The van der Waals surface area contributed by atoms with E-state index in [1.54, 1.807) is 43.5 Å². The van der Waals surface area contributed by atoms with Crippen LogP contribution in [0, 0.1) is 0 Å². The van der Waals surface area contributed by atoms with Gasteiger partial charge in [0.2, 0.25) is 0 Å². The van der Waals surface area contributed by atoms with E-state index >= 15 is 0 Å². The lowest BCUT2D eigenvalue weighted by Crippen LogP contribution is -1.91. The highest BCUT2D eigenvalue weighted by molar-refractivity contribution is 6.42. The van der Waals surface area contributed by atoms with Gasteiger partial charge in [-0.25, -0.2) is 0 Å². The van der Waals surface area contributed by atoms with E-state index in [1.165, 1.54) is 0 Å². The van der Waals surface area contributed by atoms with E-state index in [9.17, 15) is 0 Å². The van der Waals surface area contributed by atoms with Gasteiger partial charge in [-0.15, -0.1) is 0 Å². The second-order valence-corrected chi connectivity index (χ2v) is 4.43. The van der Waals surface area contributed by atoms with Crippen molar-refractivity contribution in [1.82, 2.24) is 0 Å². The summed E-state index contributed by atoms with van der Waals surface area (Å²) < 4.78 is 10.7. The number of rotatable bonds is 3. The van der Waals surface area contributed by atoms with E-state index in [1.807, 2.05) is 0 Å². The van der Waals surface area contributed by atoms with Crippen molar-refractivity contribution in [2.24, 2.45) is 0 Å². The Bertz CT molecular complexity index is 573. The Morgan fingerprint density at radius 2 is 1.61 bits per heavy atom. The van der Waals surface area contributed by atoms with E-state index in [4.69, 9.17) is 38.4 Å². The number of hydrogen-bond donors (Lipinski definition) is 1. The van der Waals surface area contributed by atoms with Gasteiger partial charge in [-0.2, -0.15) is 0 Å². The first-order valence-corrected chi connectivity index (χ1v) is 5.91. The molecule has 2 aromatic carbocycles. The topological polar surface area (TPSA) is 44.5 Å². The molecule has 0 aliphatic rings. The van der Waals surface area contributed by atoms with Gasteiger partial charge in [0.1, 0.15) is 17.2 Å². The van der Waals surface area contributed by atoms with Crippen molar-refractivity contribution in [3.05, 3.63) is 46.4 Å². The number of halogens is 2. The van der Waals surface area contributed by atoms with E-state index in [0.717, 1.165) is 0 Å². The van der Waals surface area contributed by atoms with Crippen LogP contribution in [0.4, 0.5) is 5.69 Å². The number of methoxy groups -OCH3 is 1. The van der Waals surface area contributed by atoms with Crippen molar-refractivity contribution in [2.75, 3.05) is 12.8 Å². The Kier molecular flexibility index (Phi) is 3.84. The smallest absolute Gasteiger partial charge is 0.133 e. The highest BCUT2D eigenvalue weighted by Crippen LogP contribution is 2.32. The Morgan fingerprint density at radius 1 is 0.889 bits per heavy atom. The molecule has 2 N–H and O–H groups in total. The minimum absolute atomic E-state index is 0.435. The summed E-state index contributed by atoms with van der Waals surface area (Å²) in [6.07, 6.45) is 0. The molecule has 0 aromatic heterocycles. The predicted molar refractivity (Wildman–Crippen MR) is 73.9 cm³/mol. The summed E-state index contributed by atoms with van der Waals surface area (Å²) in [5.74, 6) is 1.78. The van der Waals surface area contributed by atoms with Crippen molar-refractivity contribution < 1.29 is 9.47 Å². The van der Waals surface area contributed by atoms with Crippen molar-refractivity contribution >= 4 is 28.9 Å². The molecule has 18 heavy (non-hydrogen) atoms. The molecule has 0 saturated carbocycles. The monoisotopic (exact) mass is 283 g/mol. The summed E-state index contributed by atoms with van der Waals surface area (Å²) in [4.78, 5) is 0. The third-order valence-corrected chi connectivity index (χ3v) is 3.00. The van der Waals surface area contributed by atoms with Crippen LogP contribution < -0.4 is 15.2 Å². The van der Waals surface area contributed by atoms with Gasteiger partial charge in [0, 0.05) is 30.0 Å². The second-order valence-electron chi connectivity index (χ2n) is 3.62. The van der Waals surface area contributed by atoms with Crippen LogP contribution in [0.15, 0.2) is 36.4 Å². The number of ether oxygens (including phenoxy) is 2. The van der Waals surface area contributed by atoms with Gasteiger partial charge >= 0.3 is 0 Å². The summed E-state index contributed by atoms with van der Waals surface area (Å²) in [6, 6.07) is 10.2. The van der Waals surface area contributed by atoms with Gasteiger partial charge in [-0.1, -0.05) is 23.2 Å². The normalized spacial score (nSPS) is 10.2. The quantitative estimate of drug-likeness (QED) is 0.851. The predicted octanol–water partition coefficient (Wildman–Crippen LogP) is 4.38. The van der Waals surface area contributed by atoms with Crippen LogP contribution in [0.25, 0.3) is 0 Å². The van der Waals surface area contributed by atoms with Crippen LogP contribution in [-0.2, 0) is 0 Å². The van der Waals surface area contributed by atoms with Crippen LogP contribution in [0.3, 0.4) is 0 Å². The standard InChI is InChI=1S/C13H11Cl2NO2/c1-17-10-4-8(16)5-11(6-10)18-9-2-3-12(14)13(15)7-9/h2-7H,16H2,1H3. The van der Waals surface area contributed by atoms with Gasteiger partial charge in [0.15, 0.2) is 0 Å². The van der Waals surface area contributed by atoms with Crippen molar-refractivity contribution in [3.63, 3.8) is 0 Å². The summed E-state index contributed by atoms with van der Waals surface area (Å²) in [5, 5.41) is 0.916. The van der Waals surface area contributed by atoms with Gasteiger partial charge in [-0.3, -0.25) is 0 Å². The fourth-order valence-electron chi connectivity index (χ4n) is 1.45. The van der Waals surface area contributed by atoms with E-state index < -0.39 is 0 Å². The van der Waals surface area contributed by atoms with Gasteiger partial charge < -0.3 is 15.2 Å². The van der Waals surface area contributed by atoms with Gasteiger partial charge in [0.25, 0.3) is 0 Å². The summed E-state index contributed by atoms with van der Waals surface area (Å²) in [5.41, 5.74) is 6.30. The SMILES string of the molecule is COc1cc(N)cc(Oc2ccc(Cl)c(Cl)c2)c1. The Labute approximate surface area is 115 Å². The minimum Gasteiger partial charge on any atom is -0.497 e. The maximum atomic E-state index is 5.91. The molecule has 2 rings (SSSR count). The third kappa shape index (κ3) is 3.00. The average molecular weight is 284 g/mol. The van der Waals surface area contributed by atoms with Crippen LogP contribution >= 0.6 is 23.2 Å². The molecule has 0 aliphatic carbocycles. The number of anilines is 1. The van der Waals surface area contributed by atoms with Crippen molar-refractivity contribution in [2.45, 2.75) is 0 Å². The Morgan fingerprint density at radius 3 is 2.28 bits per heavy atom. The molecule has 0 saturated heterocycles. The lowest BCUT2D eigenvalue weighted by atomic mass is 10.3. The molecular weight excluding hydrogens is 273 g/mol. The van der Waals surface area contributed by atoms with Crippen molar-refractivity contribution in [1.29, 1.82) is 0 Å². The molecule has 5 heteroatoms. The largest absolute Gasteiger partial charge is 0.497 e. The second kappa shape index (κ2) is 5.38. The van der Waals surface area contributed by atoms with E-state index in [2.05, 4.69) is 0 Å². The Hall–Kier alpha value is -1.58. The molecular formula is C13H11Cl2NO2. The van der Waals surface area contributed by atoms with Crippen LogP contribution in [0.2, 0.25) is 10.0 Å². The summed E-state index contributed by atoms with van der Waals surface area (Å²) in [6.45, 7) is 0. The first-order valence-electron chi connectivity index (χ1n) is 5.16. The van der Waals surface area contributed by atoms with Crippen LogP contribution in [-0.4, -0.2) is 7.11 Å². The van der Waals surface area contributed by atoms with Crippen LogP contribution in [0.5, 0.6) is 17.2 Å². The molecule has 0 unspecified atom stereocenters. The van der Waals surface area contributed by atoms with Crippen molar-refractivity contribution in [3.8, 4) is 17.2 Å². The molecule has 0 atom stereocenters. The number of benzene rings is 2. The highest BCUT2D eigenvalue weighted by atomic mass is 35.5. The Balaban J connectivity index is 2.27. The lowest BCUT2D eigenvalue weighted by Gasteiger charge is -2.09. The first-order chi connectivity index (χ1) is 8.58. The number of nitrogen functional groups attached to an aromatic ring is 1. The first kappa shape index (κ1) is 12.9. The molecule has 0 radical (unpaired) electrons. The third-order valence-electron chi connectivity index (χ3n) is 2.26. The summed E-state index contributed by atoms with van der Waals surface area (Å²) in [7, 11) is 1.57. The summed E-state index contributed by atoms with van der Waals surface area (Å²) >= 11 is 11.7. The fourth-order valence-corrected chi connectivity index (χ4v) is 1.74. The van der Waals surface area contributed by atoms with Crippen LogP contribution in [0.1, 0.15) is 0 Å². The molecule has 0 fully saturated rings. The molecule has 0 amide bonds. The molecule has 2 aromatic rings. The maximum absolute atomic E-state index is 5.91. The molecule has 94 valence electrons. The van der Waals surface area contributed by atoms with E-state index in [0.29, 0.717) is 33.0 Å². The zero-order chi connectivity index (χ0) is 13.1. The van der Waals surface area contributed by atoms with E-state index in [-0.39, 0.29) is 0 Å². The fraction of sp³-hybridized carbons (Fsp3) is 0.0769. The molecule has 3 nitrogen and oxygen atoms in total. The zero-order valence-electron chi connectivity index (χ0n) is 9.61. The molecule has 0 heterocycles. The molecule has 0 aliphatic heterocycles. The van der Waals surface area contributed by atoms with Gasteiger partial charge in [-0.05, 0) is 12.1 Å². The zero-order valence-corrected chi connectivity index (χ0v) is 11.1. The molecule has 0 bridgehead atoms. The molecule has 0 spiro atoms. The maximum Gasteiger partial charge on any atom is 0.133 e.